The van der Waals surface area contributed by atoms with Crippen molar-refractivity contribution in [3.8, 4) is 0 Å². The average molecular weight is 183 g/mol. The van der Waals surface area contributed by atoms with Gasteiger partial charge in [0.1, 0.15) is 5.44 Å². The molecule has 1 aromatic heterocycles. The summed E-state index contributed by atoms with van der Waals surface area (Å²) in [7, 11) is 0. The van der Waals surface area contributed by atoms with Gasteiger partial charge < -0.3 is 9.30 Å². The van der Waals surface area contributed by atoms with E-state index in [9.17, 15) is 0 Å². The summed E-state index contributed by atoms with van der Waals surface area (Å²) in [5.41, 5.74) is 1.77. The fourth-order valence-corrected chi connectivity index (χ4v) is 2.55. The van der Waals surface area contributed by atoms with Crippen LogP contribution in [0, 0.1) is 0 Å². The first kappa shape index (κ1) is 8.20. The molecule has 0 fully saturated rings. The van der Waals surface area contributed by atoms with Gasteiger partial charge in [-0.1, -0.05) is 0 Å². The van der Waals surface area contributed by atoms with Gasteiger partial charge >= 0.3 is 0 Å². The van der Waals surface area contributed by atoms with Crippen LogP contribution >= 0.6 is 11.8 Å². The van der Waals surface area contributed by atoms with Crippen molar-refractivity contribution in [2.75, 3.05) is 6.61 Å². The molecule has 1 aliphatic rings. The minimum absolute atomic E-state index is 0.356. The molecule has 3 heteroatoms. The Morgan fingerprint density at radius 3 is 3.50 bits per heavy atom. The highest BCUT2D eigenvalue weighted by Gasteiger charge is 2.17. The highest BCUT2D eigenvalue weighted by Crippen LogP contribution is 2.26. The first-order valence-corrected chi connectivity index (χ1v) is 5.32. The van der Waals surface area contributed by atoms with Gasteiger partial charge in [-0.15, -0.1) is 11.8 Å². The second-order valence-electron chi connectivity index (χ2n) is 2.85. The van der Waals surface area contributed by atoms with Crippen LogP contribution in [0.5, 0.6) is 0 Å². The molecule has 0 spiro atoms. The third kappa shape index (κ3) is 1.52. The van der Waals surface area contributed by atoms with Gasteiger partial charge in [0, 0.05) is 24.3 Å². The van der Waals surface area contributed by atoms with Crippen LogP contribution in [0.4, 0.5) is 0 Å². The maximum absolute atomic E-state index is 5.55. The lowest BCUT2D eigenvalue weighted by Gasteiger charge is -2.23. The molecule has 1 atom stereocenters. The third-order valence-electron chi connectivity index (χ3n) is 2.04. The Morgan fingerprint density at radius 1 is 1.75 bits per heavy atom. The van der Waals surface area contributed by atoms with Crippen LogP contribution in [-0.4, -0.2) is 16.6 Å². The summed E-state index contributed by atoms with van der Waals surface area (Å²) in [5, 5.41) is 0. The minimum Gasteiger partial charge on any atom is -0.366 e. The third-order valence-corrected chi connectivity index (χ3v) is 3.16. The molecule has 0 N–H and O–H groups in total. The fraction of sp³-hybridized carbons (Fsp3) is 0.556. The maximum atomic E-state index is 5.55. The van der Waals surface area contributed by atoms with Crippen LogP contribution < -0.4 is 0 Å². The maximum Gasteiger partial charge on any atom is 0.121 e. The van der Waals surface area contributed by atoms with Gasteiger partial charge in [0.25, 0.3) is 0 Å². The Bertz CT molecular complexity index is 259. The smallest absolute Gasteiger partial charge is 0.121 e. The molecule has 1 aromatic rings. The zero-order valence-electron chi connectivity index (χ0n) is 7.19. The van der Waals surface area contributed by atoms with Crippen molar-refractivity contribution in [2.24, 2.45) is 0 Å². The summed E-state index contributed by atoms with van der Waals surface area (Å²) in [6.45, 7) is 3.86. The second kappa shape index (κ2) is 3.54. The van der Waals surface area contributed by atoms with Crippen molar-refractivity contribution in [2.45, 2.75) is 24.7 Å². The molecular formula is C9H13NOS. The number of ether oxygens (including phenoxy) is 1. The topological polar surface area (TPSA) is 14.2 Å². The summed E-state index contributed by atoms with van der Waals surface area (Å²) in [4.78, 5) is 0. The molecule has 0 aliphatic carbocycles. The second-order valence-corrected chi connectivity index (χ2v) is 4.00. The summed E-state index contributed by atoms with van der Waals surface area (Å²) < 4.78 is 7.83. The Hall–Kier alpha value is -0.410. The predicted octanol–water partition coefficient (Wildman–Crippen LogP) is 2.10. The highest BCUT2D eigenvalue weighted by molar-refractivity contribution is 7.99. The van der Waals surface area contributed by atoms with Gasteiger partial charge in [-0.05, 0) is 19.1 Å². The molecular weight excluding hydrogens is 170 g/mol. The highest BCUT2D eigenvalue weighted by atomic mass is 32.2. The summed E-state index contributed by atoms with van der Waals surface area (Å²) in [5.74, 6) is 1.08. The molecule has 12 heavy (non-hydrogen) atoms. The first-order valence-electron chi connectivity index (χ1n) is 4.27. The lowest BCUT2D eigenvalue weighted by Crippen LogP contribution is -2.22. The van der Waals surface area contributed by atoms with Gasteiger partial charge in [-0.2, -0.15) is 0 Å². The van der Waals surface area contributed by atoms with E-state index >= 15 is 0 Å². The SMILES string of the molecule is CCOC1Cn2cccc2CS1. The van der Waals surface area contributed by atoms with Crippen LogP contribution in [0.25, 0.3) is 0 Å². The summed E-state index contributed by atoms with van der Waals surface area (Å²) >= 11 is 1.89. The molecule has 66 valence electrons. The number of aromatic nitrogens is 1. The molecule has 0 radical (unpaired) electrons. The molecule has 2 nitrogen and oxygen atoms in total. The molecule has 2 rings (SSSR count). The number of fused-ring (bicyclic) bond motifs is 1. The largest absolute Gasteiger partial charge is 0.366 e. The van der Waals surface area contributed by atoms with E-state index in [1.807, 2.05) is 18.7 Å². The molecule has 0 saturated heterocycles. The van der Waals surface area contributed by atoms with Gasteiger partial charge in [-0.25, -0.2) is 0 Å². The molecule has 0 bridgehead atoms. The van der Waals surface area contributed by atoms with Gasteiger partial charge in [0.2, 0.25) is 0 Å². The van der Waals surface area contributed by atoms with Gasteiger partial charge in [-0.3, -0.25) is 0 Å². The van der Waals surface area contributed by atoms with E-state index in [0.29, 0.717) is 5.44 Å². The molecule has 1 aliphatic heterocycles. The number of rotatable bonds is 2. The Balaban J connectivity index is 2.05. The lowest BCUT2D eigenvalue weighted by molar-refractivity contribution is 0.110. The summed E-state index contributed by atoms with van der Waals surface area (Å²) in [6, 6.07) is 4.28. The Morgan fingerprint density at radius 2 is 2.67 bits per heavy atom. The van der Waals surface area contributed by atoms with E-state index in [-0.39, 0.29) is 0 Å². The van der Waals surface area contributed by atoms with E-state index in [2.05, 4.69) is 22.9 Å². The standard InChI is InChI=1S/C9H13NOS/c1-2-11-9-6-10-5-3-4-8(10)7-12-9/h3-5,9H,2,6-7H2,1H3. The van der Waals surface area contributed by atoms with Crippen molar-refractivity contribution in [3.05, 3.63) is 24.0 Å². The number of hydrogen-bond donors (Lipinski definition) is 0. The predicted molar refractivity (Wildman–Crippen MR) is 51.1 cm³/mol. The minimum atomic E-state index is 0.356. The normalized spacial score (nSPS) is 22.2. The van der Waals surface area contributed by atoms with Gasteiger partial charge in [0.15, 0.2) is 0 Å². The zero-order chi connectivity index (χ0) is 8.39. The van der Waals surface area contributed by atoms with Crippen molar-refractivity contribution in [1.29, 1.82) is 0 Å². The van der Waals surface area contributed by atoms with Crippen molar-refractivity contribution < 1.29 is 4.74 Å². The summed E-state index contributed by atoms with van der Waals surface area (Å²) in [6.07, 6.45) is 2.13. The molecule has 0 aromatic carbocycles. The van der Waals surface area contributed by atoms with Crippen molar-refractivity contribution in [3.63, 3.8) is 0 Å². The average Bonchev–Trinajstić information content (AvgIpc) is 2.51. The molecule has 0 saturated carbocycles. The zero-order valence-corrected chi connectivity index (χ0v) is 8.01. The quantitative estimate of drug-likeness (QED) is 0.697. The van der Waals surface area contributed by atoms with Crippen molar-refractivity contribution in [1.82, 2.24) is 4.57 Å². The molecule has 2 heterocycles. The van der Waals surface area contributed by atoms with Crippen LogP contribution in [0.3, 0.4) is 0 Å². The van der Waals surface area contributed by atoms with Gasteiger partial charge in [0.05, 0.1) is 6.54 Å². The van der Waals surface area contributed by atoms with Crippen LogP contribution in [0.2, 0.25) is 0 Å². The van der Waals surface area contributed by atoms with E-state index < -0.39 is 0 Å². The van der Waals surface area contributed by atoms with E-state index in [0.717, 1.165) is 18.9 Å². The van der Waals surface area contributed by atoms with Crippen molar-refractivity contribution >= 4 is 11.8 Å². The monoisotopic (exact) mass is 183 g/mol. The van der Waals surface area contributed by atoms with E-state index in [1.165, 1.54) is 5.69 Å². The lowest BCUT2D eigenvalue weighted by atomic mass is 10.4. The first-order chi connectivity index (χ1) is 5.90. The number of thioether (sulfide) groups is 1. The van der Waals surface area contributed by atoms with Crippen LogP contribution in [-0.2, 0) is 17.0 Å². The fourth-order valence-electron chi connectivity index (χ4n) is 1.44. The van der Waals surface area contributed by atoms with Crippen LogP contribution in [0.1, 0.15) is 12.6 Å². The number of nitrogens with zero attached hydrogens (tertiary/aromatic N) is 1. The Kier molecular flexibility index (Phi) is 2.42. The molecule has 1 unspecified atom stereocenters. The number of hydrogen-bond acceptors (Lipinski definition) is 2. The Labute approximate surface area is 76.9 Å². The molecule has 0 amide bonds. The van der Waals surface area contributed by atoms with Crippen LogP contribution in [0.15, 0.2) is 18.3 Å². The van der Waals surface area contributed by atoms with E-state index in [1.54, 1.807) is 0 Å². The van der Waals surface area contributed by atoms with E-state index in [4.69, 9.17) is 4.74 Å².